The summed E-state index contributed by atoms with van der Waals surface area (Å²) < 4.78 is 5.99. The summed E-state index contributed by atoms with van der Waals surface area (Å²) in [6.07, 6.45) is 5.43. The molecule has 2 bridgehead atoms. The van der Waals surface area contributed by atoms with Gasteiger partial charge in [0.2, 0.25) is 11.8 Å². The minimum Gasteiger partial charge on any atom is -0.507 e. The number of piperidine rings is 1. The maximum atomic E-state index is 11.3. The monoisotopic (exact) mass is 366 g/mol. The molecule has 1 aromatic carbocycles. The lowest BCUT2D eigenvalue weighted by Gasteiger charge is -2.22. The molecule has 0 spiro atoms. The highest BCUT2D eigenvalue weighted by Crippen LogP contribution is 2.34. The molecular weight excluding hydrogens is 344 g/mol. The molecular formula is C20H22N4O3. The Balaban J connectivity index is 1.45. The number of carbonyl (C=O) groups excluding carboxylic acids is 1. The topological polar surface area (TPSA) is 96.4 Å². The molecule has 0 unspecified atom stereocenters. The second-order valence-corrected chi connectivity index (χ2v) is 6.97. The molecule has 1 aliphatic heterocycles. The SMILES string of the molecule is CNC(=O)/C=C/c1ccc(-c2ccc(O[C@@H]3C[C@@H]4C[C@H]3CN4)nn2)c(O)c1. The number of fused-ring (bicyclic) bond motifs is 2. The van der Waals surface area contributed by atoms with Crippen molar-refractivity contribution in [1.29, 1.82) is 0 Å². The Kier molecular flexibility index (Phi) is 4.77. The van der Waals surface area contributed by atoms with Crippen LogP contribution in [0, 0.1) is 5.92 Å². The number of aromatic nitrogens is 2. The molecule has 3 atom stereocenters. The van der Waals surface area contributed by atoms with Gasteiger partial charge >= 0.3 is 0 Å². The van der Waals surface area contributed by atoms with Crippen molar-refractivity contribution in [2.75, 3.05) is 13.6 Å². The fraction of sp³-hybridized carbons (Fsp3) is 0.350. The summed E-state index contributed by atoms with van der Waals surface area (Å²) in [7, 11) is 1.56. The molecule has 1 saturated heterocycles. The van der Waals surface area contributed by atoms with Gasteiger partial charge in [-0.3, -0.25) is 4.79 Å². The molecule has 0 radical (unpaired) electrons. The van der Waals surface area contributed by atoms with Crippen molar-refractivity contribution >= 4 is 12.0 Å². The third kappa shape index (κ3) is 3.78. The van der Waals surface area contributed by atoms with E-state index in [4.69, 9.17) is 4.74 Å². The van der Waals surface area contributed by atoms with E-state index in [0.717, 1.165) is 18.5 Å². The van der Waals surface area contributed by atoms with E-state index in [9.17, 15) is 9.90 Å². The van der Waals surface area contributed by atoms with Crippen molar-refractivity contribution in [3.05, 3.63) is 42.0 Å². The van der Waals surface area contributed by atoms with E-state index < -0.39 is 0 Å². The van der Waals surface area contributed by atoms with E-state index in [1.165, 1.54) is 12.5 Å². The van der Waals surface area contributed by atoms with Gasteiger partial charge in [-0.2, -0.15) is 0 Å². The Morgan fingerprint density at radius 1 is 1.30 bits per heavy atom. The number of amides is 1. The predicted molar refractivity (Wildman–Crippen MR) is 101 cm³/mol. The van der Waals surface area contributed by atoms with Crippen molar-refractivity contribution in [3.8, 4) is 22.9 Å². The van der Waals surface area contributed by atoms with Gasteiger partial charge in [-0.05, 0) is 36.3 Å². The van der Waals surface area contributed by atoms with Gasteiger partial charge < -0.3 is 20.5 Å². The van der Waals surface area contributed by atoms with Gasteiger partial charge in [0.15, 0.2) is 0 Å². The fourth-order valence-corrected chi connectivity index (χ4v) is 3.74. The molecule has 2 heterocycles. The molecule has 1 aromatic heterocycles. The first kappa shape index (κ1) is 17.5. The van der Waals surface area contributed by atoms with E-state index in [1.54, 1.807) is 37.4 Å². The summed E-state index contributed by atoms with van der Waals surface area (Å²) in [5, 5.41) is 24.6. The number of aromatic hydroxyl groups is 1. The number of nitrogens with one attached hydrogen (secondary N) is 2. The molecule has 27 heavy (non-hydrogen) atoms. The number of nitrogens with zero attached hydrogens (tertiary/aromatic N) is 2. The van der Waals surface area contributed by atoms with E-state index in [1.807, 2.05) is 6.07 Å². The highest BCUT2D eigenvalue weighted by atomic mass is 16.5. The summed E-state index contributed by atoms with van der Waals surface area (Å²) in [5.74, 6) is 0.944. The van der Waals surface area contributed by atoms with Gasteiger partial charge in [0, 0.05) is 49.7 Å². The molecule has 1 aliphatic carbocycles. The molecule has 140 valence electrons. The smallest absolute Gasteiger partial charge is 0.243 e. The number of likely N-dealkylation sites (N-methyl/N-ethyl adjacent to an activating group) is 1. The maximum absolute atomic E-state index is 11.3. The van der Waals surface area contributed by atoms with Gasteiger partial charge in [0.25, 0.3) is 0 Å². The third-order valence-electron chi connectivity index (χ3n) is 5.18. The predicted octanol–water partition coefficient (Wildman–Crippen LogP) is 1.74. The first-order valence-corrected chi connectivity index (χ1v) is 9.09. The van der Waals surface area contributed by atoms with Crippen LogP contribution in [0.1, 0.15) is 18.4 Å². The molecule has 2 aliphatic rings. The lowest BCUT2D eigenvalue weighted by atomic mass is 10.1. The second kappa shape index (κ2) is 7.36. The van der Waals surface area contributed by atoms with E-state index in [-0.39, 0.29) is 17.8 Å². The van der Waals surface area contributed by atoms with Crippen LogP contribution in [0.5, 0.6) is 11.6 Å². The summed E-state index contributed by atoms with van der Waals surface area (Å²) in [6, 6.07) is 9.31. The number of ether oxygens (including phenoxy) is 1. The number of hydrogen-bond acceptors (Lipinski definition) is 6. The fourth-order valence-electron chi connectivity index (χ4n) is 3.74. The van der Waals surface area contributed by atoms with Crippen molar-refractivity contribution < 1.29 is 14.6 Å². The largest absolute Gasteiger partial charge is 0.507 e. The summed E-state index contributed by atoms with van der Waals surface area (Å²) in [6.45, 7) is 1.01. The van der Waals surface area contributed by atoms with Crippen LogP contribution in [0.15, 0.2) is 36.4 Å². The Morgan fingerprint density at radius 3 is 2.81 bits per heavy atom. The molecule has 3 N–H and O–H groups in total. The first-order valence-electron chi connectivity index (χ1n) is 9.09. The molecule has 2 aromatic rings. The van der Waals surface area contributed by atoms with Crippen LogP contribution in [0.2, 0.25) is 0 Å². The average Bonchev–Trinajstić information content (AvgIpc) is 3.30. The zero-order valence-electron chi connectivity index (χ0n) is 15.1. The van der Waals surface area contributed by atoms with Crippen molar-refractivity contribution in [3.63, 3.8) is 0 Å². The number of rotatable bonds is 5. The van der Waals surface area contributed by atoms with Gasteiger partial charge in [-0.25, -0.2) is 0 Å². The third-order valence-corrected chi connectivity index (χ3v) is 5.18. The highest BCUT2D eigenvalue weighted by Gasteiger charge is 2.41. The maximum Gasteiger partial charge on any atom is 0.243 e. The highest BCUT2D eigenvalue weighted by molar-refractivity contribution is 5.91. The summed E-state index contributed by atoms with van der Waals surface area (Å²) in [5.41, 5.74) is 1.87. The molecule has 2 fully saturated rings. The van der Waals surface area contributed by atoms with E-state index in [2.05, 4.69) is 20.8 Å². The number of hydrogen-bond donors (Lipinski definition) is 3. The molecule has 7 nitrogen and oxygen atoms in total. The number of phenols is 1. The van der Waals surface area contributed by atoms with Crippen molar-refractivity contribution in [2.45, 2.75) is 25.0 Å². The first-order chi connectivity index (χ1) is 13.1. The van der Waals surface area contributed by atoms with E-state index >= 15 is 0 Å². The zero-order valence-corrected chi connectivity index (χ0v) is 15.1. The van der Waals surface area contributed by atoms with Gasteiger partial charge in [-0.1, -0.05) is 6.07 Å². The Morgan fingerprint density at radius 2 is 2.19 bits per heavy atom. The molecule has 1 amide bonds. The lowest BCUT2D eigenvalue weighted by Crippen LogP contribution is -2.35. The quantitative estimate of drug-likeness (QED) is 0.698. The van der Waals surface area contributed by atoms with Crippen LogP contribution in [-0.4, -0.2) is 46.9 Å². The van der Waals surface area contributed by atoms with Gasteiger partial charge in [0.05, 0.1) is 5.69 Å². The van der Waals surface area contributed by atoms with Crippen LogP contribution < -0.4 is 15.4 Å². The van der Waals surface area contributed by atoms with Crippen LogP contribution in [0.3, 0.4) is 0 Å². The minimum absolute atomic E-state index is 0.0798. The van der Waals surface area contributed by atoms with Crippen molar-refractivity contribution in [1.82, 2.24) is 20.8 Å². The minimum atomic E-state index is -0.203. The number of phenolic OH excluding ortho intramolecular Hbond substituents is 1. The standard InChI is InChI=1S/C20H22N4O3/c1-21-19(26)6-3-12-2-4-15(17(25)8-12)16-5-7-20(24-23-16)27-18-10-14-9-13(18)11-22-14/h2-8,13-14,18,22,25H,9-11H2,1H3,(H,21,26)/b6-3+/t13-,14-,18+/m0/s1. The van der Waals surface area contributed by atoms with Crippen LogP contribution in [-0.2, 0) is 4.79 Å². The van der Waals surface area contributed by atoms with Crippen LogP contribution in [0.25, 0.3) is 17.3 Å². The zero-order chi connectivity index (χ0) is 18.8. The Bertz CT molecular complexity index is 866. The lowest BCUT2D eigenvalue weighted by molar-refractivity contribution is -0.115. The second-order valence-electron chi connectivity index (χ2n) is 6.97. The Hall–Kier alpha value is -2.93. The normalized spacial score (nSPS) is 23.7. The number of benzene rings is 1. The van der Waals surface area contributed by atoms with Gasteiger partial charge in [-0.15, -0.1) is 10.2 Å². The van der Waals surface area contributed by atoms with E-state index in [0.29, 0.717) is 29.1 Å². The van der Waals surface area contributed by atoms with Crippen molar-refractivity contribution in [2.24, 2.45) is 5.92 Å². The van der Waals surface area contributed by atoms with Gasteiger partial charge in [0.1, 0.15) is 11.9 Å². The number of carbonyl (C=O) groups is 1. The summed E-state index contributed by atoms with van der Waals surface area (Å²) in [4.78, 5) is 11.3. The molecule has 7 heteroatoms. The summed E-state index contributed by atoms with van der Waals surface area (Å²) >= 11 is 0. The molecule has 1 saturated carbocycles. The Labute approximate surface area is 157 Å². The van der Waals surface area contributed by atoms with Crippen LogP contribution in [0.4, 0.5) is 0 Å². The van der Waals surface area contributed by atoms with Crippen LogP contribution >= 0.6 is 0 Å². The average molecular weight is 366 g/mol. The molecule has 4 rings (SSSR count).